The lowest BCUT2D eigenvalue weighted by atomic mass is 9.81. The molecule has 0 saturated heterocycles. The number of nitrogens with zero attached hydrogens (tertiary/aromatic N) is 2. The van der Waals surface area contributed by atoms with Crippen LogP contribution in [0.2, 0.25) is 0 Å². The van der Waals surface area contributed by atoms with Crippen LogP contribution in [0, 0.1) is 11.8 Å². The number of nitrogens with two attached hydrogens (primary N) is 1. The number of anilines is 1. The summed E-state index contributed by atoms with van der Waals surface area (Å²) >= 11 is 5.02. The Morgan fingerprint density at radius 1 is 1.37 bits per heavy atom. The van der Waals surface area contributed by atoms with Crippen LogP contribution in [0.4, 0.5) is 5.82 Å². The van der Waals surface area contributed by atoms with Gasteiger partial charge in [-0.05, 0) is 30.7 Å². The molecular weight excluding hydrogens is 256 g/mol. The first-order valence-electron chi connectivity index (χ1n) is 7.06. The van der Waals surface area contributed by atoms with Gasteiger partial charge in [0, 0.05) is 6.54 Å². The molecule has 0 radical (unpaired) electrons. The van der Waals surface area contributed by atoms with E-state index in [-0.39, 0.29) is 0 Å². The highest BCUT2D eigenvalue weighted by Crippen LogP contribution is 2.30. The number of thiocarbonyl (C=S) groups is 1. The van der Waals surface area contributed by atoms with E-state index < -0.39 is 0 Å². The van der Waals surface area contributed by atoms with E-state index in [1.54, 1.807) is 6.20 Å². The molecule has 0 bridgehead atoms. The molecule has 1 heterocycles. The van der Waals surface area contributed by atoms with Crippen molar-refractivity contribution < 1.29 is 0 Å². The summed E-state index contributed by atoms with van der Waals surface area (Å²) < 4.78 is 0. The highest BCUT2D eigenvalue weighted by molar-refractivity contribution is 7.80. The monoisotopic (exact) mass is 278 g/mol. The van der Waals surface area contributed by atoms with Gasteiger partial charge in [-0.1, -0.05) is 38.4 Å². The summed E-state index contributed by atoms with van der Waals surface area (Å²) in [6.07, 6.45) is 8.24. The lowest BCUT2D eigenvalue weighted by molar-refractivity contribution is 0.278. The minimum atomic E-state index is 0.368. The minimum absolute atomic E-state index is 0.368. The van der Waals surface area contributed by atoms with Crippen LogP contribution in [0.3, 0.4) is 0 Å². The molecule has 19 heavy (non-hydrogen) atoms. The van der Waals surface area contributed by atoms with Gasteiger partial charge >= 0.3 is 0 Å². The Morgan fingerprint density at radius 2 is 2.05 bits per heavy atom. The quantitative estimate of drug-likeness (QED) is 0.811. The van der Waals surface area contributed by atoms with E-state index in [4.69, 9.17) is 18.0 Å². The van der Waals surface area contributed by atoms with Crippen molar-refractivity contribution in [3.63, 3.8) is 0 Å². The van der Waals surface area contributed by atoms with E-state index in [1.807, 2.05) is 6.07 Å². The third-order valence-electron chi connectivity index (χ3n) is 4.09. The van der Waals surface area contributed by atoms with Gasteiger partial charge in [-0.25, -0.2) is 0 Å². The molecular formula is C14H22N4S. The molecule has 104 valence electrons. The normalized spacial score (nSPS) is 23.0. The zero-order chi connectivity index (χ0) is 13.7. The maximum Gasteiger partial charge on any atom is 0.158 e. The zero-order valence-corrected chi connectivity index (χ0v) is 12.2. The largest absolute Gasteiger partial charge is 0.389 e. The lowest BCUT2D eigenvalue weighted by Gasteiger charge is -2.28. The Bertz CT molecular complexity index is 427. The SMILES string of the molecule is CCC1CCC(CNc2nnccc2C(N)=S)CC1. The minimum Gasteiger partial charge on any atom is -0.389 e. The van der Waals surface area contributed by atoms with Crippen molar-refractivity contribution >= 4 is 23.0 Å². The van der Waals surface area contributed by atoms with Crippen molar-refractivity contribution in [2.75, 3.05) is 11.9 Å². The molecule has 1 aliphatic carbocycles. The molecule has 0 atom stereocenters. The number of rotatable bonds is 5. The molecule has 0 amide bonds. The van der Waals surface area contributed by atoms with Crippen molar-refractivity contribution in [1.82, 2.24) is 10.2 Å². The van der Waals surface area contributed by atoms with Crippen molar-refractivity contribution in [3.05, 3.63) is 17.8 Å². The molecule has 1 aliphatic rings. The smallest absolute Gasteiger partial charge is 0.158 e. The predicted molar refractivity (Wildman–Crippen MR) is 82.1 cm³/mol. The Hall–Kier alpha value is -1.23. The summed E-state index contributed by atoms with van der Waals surface area (Å²) in [5.74, 6) is 2.37. The molecule has 2 rings (SSSR count). The highest BCUT2D eigenvalue weighted by Gasteiger charge is 2.20. The number of hydrogen-bond acceptors (Lipinski definition) is 4. The van der Waals surface area contributed by atoms with Gasteiger partial charge in [-0.3, -0.25) is 0 Å². The first kappa shape index (κ1) is 14.2. The second-order valence-electron chi connectivity index (χ2n) is 5.33. The van der Waals surface area contributed by atoms with Gasteiger partial charge in [0.1, 0.15) is 4.99 Å². The van der Waals surface area contributed by atoms with Crippen LogP contribution in [0.1, 0.15) is 44.6 Å². The Balaban J connectivity index is 1.88. The second-order valence-corrected chi connectivity index (χ2v) is 5.77. The molecule has 0 spiro atoms. The van der Waals surface area contributed by atoms with Gasteiger partial charge in [-0.2, -0.15) is 5.10 Å². The first-order chi connectivity index (χ1) is 9.20. The number of aromatic nitrogens is 2. The Morgan fingerprint density at radius 3 is 2.68 bits per heavy atom. The average molecular weight is 278 g/mol. The van der Waals surface area contributed by atoms with Gasteiger partial charge in [0.2, 0.25) is 0 Å². The van der Waals surface area contributed by atoms with Gasteiger partial charge in [-0.15, -0.1) is 5.10 Å². The molecule has 1 aromatic rings. The fourth-order valence-electron chi connectivity index (χ4n) is 2.75. The number of hydrogen-bond donors (Lipinski definition) is 2. The highest BCUT2D eigenvalue weighted by atomic mass is 32.1. The van der Waals surface area contributed by atoms with Crippen molar-refractivity contribution in [2.24, 2.45) is 17.6 Å². The van der Waals surface area contributed by atoms with Crippen molar-refractivity contribution in [2.45, 2.75) is 39.0 Å². The molecule has 1 fully saturated rings. The third-order valence-corrected chi connectivity index (χ3v) is 4.31. The topological polar surface area (TPSA) is 63.8 Å². The molecule has 1 saturated carbocycles. The zero-order valence-electron chi connectivity index (χ0n) is 11.4. The summed E-state index contributed by atoms with van der Waals surface area (Å²) in [5.41, 5.74) is 6.47. The first-order valence-corrected chi connectivity index (χ1v) is 7.47. The molecule has 0 unspecified atom stereocenters. The van der Waals surface area contributed by atoms with E-state index in [2.05, 4.69) is 22.4 Å². The van der Waals surface area contributed by atoms with Crippen LogP contribution in [0.15, 0.2) is 12.3 Å². The molecule has 0 aliphatic heterocycles. The summed E-state index contributed by atoms with van der Waals surface area (Å²) in [7, 11) is 0. The standard InChI is InChI=1S/C14H22N4S/c1-2-10-3-5-11(6-4-10)9-16-14-12(13(15)19)7-8-17-18-14/h7-8,10-11H,2-6,9H2,1H3,(H2,15,19)(H,16,18). The van der Waals surface area contributed by atoms with Crippen LogP contribution in [-0.4, -0.2) is 21.7 Å². The van der Waals surface area contributed by atoms with Gasteiger partial charge in [0.15, 0.2) is 5.82 Å². The molecule has 0 aromatic carbocycles. The predicted octanol–water partition coefficient (Wildman–Crippen LogP) is 2.74. The second kappa shape index (κ2) is 6.80. The maximum absolute atomic E-state index is 5.68. The molecule has 1 aromatic heterocycles. The van der Waals surface area contributed by atoms with Crippen LogP contribution >= 0.6 is 12.2 Å². The van der Waals surface area contributed by atoms with Crippen LogP contribution in [-0.2, 0) is 0 Å². The summed E-state index contributed by atoms with van der Waals surface area (Å²) in [6, 6.07) is 1.81. The van der Waals surface area contributed by atoms with Gasteiger partial charge in [0.25, 0.3) is 0 Å². The van der Waals surface area contributed by atoms with Crippen LogP contribution < -0.4 is 11.1 Å². The fourth-order valence-corrected chi connectivity index (χ4v) is 2.91. The summed E-state index contributed by atoms with van der Waals surface area (Å²) in [4.78, 5) is 0.368. The van der Waals surface area contributed by atoms with E-state index >= 15 is 0 Å². The molecule has 3 N–H and O–H groups in total. The van der Waals surface area contributed by atoms with E-state index in [0.717, 1.165) is 23.9 Å². The van der Waals surface area contributed by atoms with Crippen LogP contribution in [0.25, 0.3) is 0 Å². The van der Waals surface area contributed by atoms with E-state index in [0.29, 0.717) is 10.8 Å². The Labute approximate surface area is 120 Å². The van der Waals surface area contributed by atoms with Crippen LogP contribution in [0.5, 0.6) is 0 Å². The number of nitrogens with one attached hydrogen (secondary N) is 1. The van der Waals surface area contributed by atoms with Crippen molar-refractivity contribution in [3.8, 4) is 0 Å². The summed E-state index contributed by atoms with van der Waals surface area (Å²) in [6.45, 7) is 3.22. The average Bonchev–Trinajstić information content (AvgIpc) is 2.46. The Kier molecular flexibility index (Phi) is 5.07. The lowest BCUT2D eigenvalue weighted by Crippen LogP contribution is -2.23. The summed E-state index contributed by atoms with van der Waals surface area (Å²) in [5, 5.41) is 11.3. The van der Waals surface area contributed by atoms with Gasteiger partial charge < -0.3 is 11.1 Å². The van der Waals surface area contributed by atoms with Crippen molar-refractivity contribution in [1.29, 1.82) is 0 Å². The van der Waals surface area contributed by atoms with Gasteiger partial charge in [0.05, 0.1) is 11.8 Å². The van der Waals surface area contributed by atoms with E-state index in [1.165, 1.54) is 32.1 Å². The molecule has 4 nitrogen and oxygen atoms in total. The fraction of sp³-hybridized carbons (Fsp3) is 0.643. The maximum atomic E-state index is 5.68. The third kappa shape index (κ3) is 3.86. The molecule has 5 heteroatoms. The van der Waals surface area contributed by atoms with E-state index in [9.17, 15) is 0 Å².